The summed E-state index contributed by atoms with van der Waals surface area (Å²) in [6.45, 7) is 0.278. The van der Waals surface area contributed by atoms with Gasteiger partial charge >= 0.3 is 5.97 Å². The molecule has 1 aromatic heterocycles. The molecular formula is C19H17BrN2O5S2. The molecule has 4 rings (SSSR count). The number of nitrogens with zero attached hydrogens (tertiary/aromatic N) is 2. The smallest absolute Gasteiger partial charge is 0.338 e. The van der Waals surface area contributed by atoms with Gasteiger partial charge in [0.1, 0.15) is 10.7 Å². The van der Waals surface area contributed by atoms with E-state index in [1.807, 2.05) is 4.90 Å². The van der Waals surface area contributed by atoms with Crippen LogP contribution in [0, 0.1) is 0 Å². The third-order valence-electron chi connectivity index (χ3n) is 4.77. The quantitative estimate of drug-likeness (QED) is 0.468. The summed E-state index contributed by atoms with van der Waals surface area (Å²) in [5.41, 5.74) is 0.605. The number of halogens is 1. The SMILES string of the molecule is O=C(OCC(=O)c1ccc(Br)s1)c1ccc2c(c1)S(=O)(=O)N=C1CCCCCN12. The molecule has 2 aliphatic heterocycles. The van der Waals surface area contributed by atoms with Crippen molar-refractivity contribution in [1.29, 1.82) is 0 Å². The zero-order valence-corrected chi connectivity index (χ0v) is 18.5. The van der Waals surface area contributed by atoms with Crippen molar-refractivity contribution in [2.24, 2.45) is 4.40 Å². The van der Waals surface area contributed by atoms with E-state index in [0.717, 1.165) is 23.0 Å². The molecule has 0 amide bonds. The van der Waals surface area contributed by atoms with Crippen LogP contribution in [-0.2, 0) is 14.8 Å². The predicted molar refractivity (Wildman–Crippen MR) is 114 cm³/mol. The number of benzene rings is 1. The standard InChI is InChI=1S/C19H17BrN2O5S2/c20-17-8-7-15(28-17)14(23)11-27-19(24)12-5-6-13-16(10-12)29(25,26)21-18-4-2-1-3-9-22(13)18/h5-8,10H,1-4,9,11H2. The maximum atomic E-state index is 12.6. The van der Waals surface area contributed by atoms with Crippen molar-refractivity contribution < 1.29 is 22.7 Å². The fraction of sp³-hybridized carbons (Fsp3) is 0.316. The molecule has 0 saturated carbocycles. The van der Waals surface area contributed by atoms with E-state index in [9.17, 15) is 18.0 Å². The Morgan fingerprint density at radius 1 is 1.17 bits per heavy atom. The summed E-state index contributed by atoms with van der Waals surface area (Å²) < 4.78 is 35.2. The van der Waals surface area contributed by atoms with Crippen LogP contribution in [0.25, 0.3) is 0 Å². The molecule has 2 aliphatic rings. The summed E-state index contributed by atoms with van der Waals surface area (Å²) in [4.78, 5) is 26.9. The Labute approximate surface area is 180 Å². The third kappa shape index (κ3) is 4.15. The molecule has 0 bridgehead atoms. The first kappa shape index (κ1) is 20.2. The first-order valence-electron chi connectivity index (χ1n) is 9.06. The highest BCUT2D eigenvalue weighted by molar-refractivity contribution is 9.11. The summed E-state index contributed by atoms with van der Waals surface area (Å²) in [7, 11) is -3.89. The van der Waals surface area contributed by atoms with Crippen molar-refractivity contribution in [2.45, 2.75) is 30.6 Å². The molecule has 152 valence electrons. The molecule has 2 aromatic rings. The van der Waals surface area contributed by atoms with Crippen molar-refractivity contribution >= 4 is 60.6 Å². The number of hydrogen-bond donors (Lipinski definition) is 0. The number of carbonyl (C=O) groups is 2. The Morgan fingerprint density at radius 2 is 2.00 bits per heavy atom. The van der Waals surface area contributed by atoms with Crippen molar-refractivity contribution in [3.8, 4) is 0 Å². The maximum absolute atomic E-state index is 12.6. The molecular weight excluding hydrogens is 480 g/mol. The second-order valence-corrected chi connectivity index (χ2v) is 10.8. The Balaban J connectivity index is 1.55. The van der Waals surface area contributed by atoms with Crippen LogP contribution in [0.3, 0.4) is 0 Å². The zero-order valence-electron chi connectivity index (χ0n) is 15.3. The van der Waals surface area contributed by atoms with Gasteiger partial charge in [0.25, 0.3) is 10.0 Å². The fourth-order valence-corrected chi connectivity index (χ4v) is 5.95. The van der Waals surface area contributed by atoms with Gasteiger partial charge in [0, 0.05) is 13.0 Å². The monoisotopic (exact) mass is 496 g/mol. The lowest BCUT2D eigenvalue weighted by Gasteiger charge is -2.29. The number of esters is 1. The van der Waals surface area contributed by atoms with Gasteiger partial charge in [0.2, 0.25) is 5.78 Å². The number of Topliss-reactive ketones (excluding diaryl/α,β-unsaturated/α-hetero) is 1. The van der Waals surface area contributed by atoms with Crippen molar-refractivity contribution in [1.82, 2.24) is 0 Å². The van der Waals surface area contributed by atoms with E-state index < -0.39 is 22.6 Å². The van der Waals surface area contributed by atoms with E-state index in [1.165, 1.54) is 23.5 Å². The van der Waals surface area contributed by atoms with E-state index in [2.05, 4.69) is 20.3 Å². The second-order valence-electron chi connectivity index (χ2n) is 6.73. The number of carbonyl (C=O) groups excluding carboxylic acids is 2. The van der Waals surface area contributed by atoms with Crippen LogP contribution in [0.2, 0.25) is 0 Å². The molecule has 0 aliphatic carbocycles. The van der Waals surface area contributed by atoms with Crippen molar-refractivity contribution in [2.75, 3.05) is 18.1 Å². The van der Waals surface area contributed by atoms with Crippen LogP contribution in [0.1, 0.15) is 45.7 Å². The highest BCUT2D eigenvalue weighted by atomic mass is 79.9. The van der Waals surface area contributed by atoms with Gasteiger partial charge in [-0.3, -0.25) is 4.79 Å². The summed E-state index contributed by atoms with van der Waals surface area (Å²) in [5, 5.41) is 0. The number of rotatable bonds is 4. The number of ketones is 1. The first-order chi connectivity index (χ1) is 13.8. The average molecular weight is 497 g/mol. The van der Waals surface area contributed by atoms with Crippen LogP contribution in [-0.4, -0.2) is 39.2 Å². The molecule has 3 heterocycles. The lowest BCUT2D eigenvalue weighted by molar-refractivity contribution is 0.0475. The molecule has 29 heavy (non-hydrogen) atoms. The van der Waals surface area contributed by atoms with Crippen LogP contribution in [0.5, 0.6) is 0 Å². The van der Waals surface area contributed by atoms with Gasteiger partial charge in [-0.1, -0.05) is 6.42 Å². The Hall–Kier alpha value is -2.04. The molecule has 10 heteroatoms. The normalized spacial score (nSPS) is 17.6. The summed E-state index contributed by atoms with van der Waals surface area (Å²) in [6, 6.07) is 7.81. The summed E-state index contributed by atoms with van der Waals surface area (Å²) >= 11 is 4.53. The van der Waals surface area contributed by atoms with E-state index >= 15 is 0 Å². The number of ether oxygens (including phenoxy) is 1. The van der Waals surface area contributed by atoms with E-state index in [1.54, 1.807) is 18.2 Å². The molecule has 0 radical (unpaired) electrons. The fourth-order valence-electron chi connectivity index (χ4n) is 3.36. The molecule has 0 N–H and O–H groups in total. The number of thiophene rings is 1. The van der Waals surface area contributed by atoms with Crippen LogP contribution >= 0.6 is 27.3 Å². The summed E-state index contributed by atoms with van der Waals surface area (Å²) in [5.74, 6) is -0.519. The third-order valence-corrected chi connectivity index (χ3v) is 7.76. The molecule has 1 fully saturated rings. The molecule has 1 aromatic carbocycles. The minimum atomic E-state index is -3.89. The van der Waals surface area contributed by atoms with Crippen LogP contribution in [0.4, 0.5) is 5.69 Å². The molecule has 0 atom stereocenters. The number of amidine groups is 1. The number of hydrogen-bond acceptors (Lipinski definition) is 7. The van der Waals surface area contributed by atoms with Crippen LogP contribution < -0.4 is 4.90 Å². The van der Waals surface area contributed by atoms with Crippen molar-refractivity contribution in [3.63, 3.8) is 0 Å². The molecule has 7 nitrogen and oxygen atoms in total. The molecule has 0 spiro atoms. The predicted octanol–water partition coefficient (Wildman–Crippen LogP) is 4.03. The van der Waals surface area contributed by atoms with Gasteiger partial charge in [-0.2, -0.15) is 8.42 Å². The van der Waals surface area contributed by atoms with Gasteiger partial charge in [-0.25, -0.2) is 4.79 Å². The molecule has 1 saturated heterocycles. The highest BCUT2D eigenvalue weighted by Gasteiger charge is 2.32. The first-order valence-corrected chi connectivity index (χ1v) is 12.1. The Kier molecular flexibility index (Phi) is 5.58. The van der Waals surface area contributed by atoms with E-state index in [4.69, 9.17) is 4.74 Å². The Morgan fingerprint density at radius 3 is 2.76 bits per heavy atom. The lowest BCUT2D eigenvalue weighted by atomic mass is 10.2. The van der Waals surface area contributed by atoms with Gasteiger partial charge < -0.3 is 9.64 Å². The van der Waals surface area contributed by atoms with Gasteiger partial charge in [0.05, 0.1) is 19.9 Å². The zero-order chi connectivity index (χ0) is 20.6. The van der Waals surface area contributed by atoms with E-state index in [0.29, 0.717) is 29.4 Å². The number of sulfonamides is 1. The summed E-state index contributed by atoms with van der Waals surface area (Å²) in [6.07, 6.45) is 3.48. The van der Waals surface area contributed by atoms with Gasteiger partial charge in [-0.15, -0.1) is 15.7 Å². The van der Waals surface area contributed by atoms with Gasteiger partial charge in [-0.05, 0) is 59.1 Å². The largest absolute Gasteiger partial charge is 0.454 e. The topological polar surface area (TPSA) is 93.1 Å². The maximum Gasteiger partial charge on any atom is 0.338 e. The molecule has 0 unspecified atom stereocenters. The van der Waals surface area contributed by atoms with Crippen LogP contribution in [0.15, 0.2) is 43.4 Å². The Bertz CT molecular complexity index is 1120. The number of anilines is 1. The van der Waals surface area contributed by atoms with E-state index in [-0.39, 0.29) is 16.2 Å². The average Bonchev–Trinajstić information content (AvgIpc) is 3.00. The number of fused-ring (bicyclic) bond motifs is 3. The highest BCUT2D eigenvalue weighted by Crippen LogP contribution is 2.35. The second kappa shape index (κ2) is 8.00. The van der Waals surface area contributed by atoms with Crippen molar-refractivity contribution in [3.05, 3.63) is 44.6 Å². The minimum Gasteiger partial charge on any atom is -0.454 e. The van der Waals surface area contributed by atoms with Gasteiger partial charge in [0.15, 0.2) is 6.61 Å². The minimum absolute atomic E-state index is 0.00823. The lowest BCUT2D eigenvalue weighted by Crippen LogP contribution is -2.35.